The lowest BCUT2D eigenvalue weighted by molar-refractivity contribution is 0.318. The monoisotopic (exact) mass is 270 g/mol. The van der Waals surface area contributed by atoms with Crippen LogP contribution in [0, 0.1) is 0 Å². The number of hydrogen-bond donors (Lipinski definition) is 2. The lowest BCUT2D eigenvalue weighted by Crippen LogP contribution is -2.26. The van der Waals surface area contributed by atoms with Gasteiger partial charge in [-0.3, -0.25) is 0 Å². The zero-order valence-electron chi connectivity index (χ0n) is 10.7. The van der Waals surface area contributed by atoms with Gasteiger partial charge in [-0.1, -0.05) is 30.1 Å². The van der Waals surface area contributed by atoms with Crippen LogP contribution in [0.15, 0.2) is 17.4 Å². The number of anilines is 1. The van der Waals surface area contributed by atoms with Crippen LogP contribution < -0.4 is 10.6 Å². The van der Waals surface area contributed by atoms with Gasteiger partial charge in [0, 0.05) is 24.8 Å². The molecule has 1 aromatic heterocycles. The number of nitrogens with two attached hydrogens (primary N) is 1. The molecule has 0 radical (unpaired) electrons. The molecule has 100 valence electrons. The summed E-state index contributed by atoms with van der Waals surface area (Å²) in [5.41, 5.74) is 6.07. The van der Waals surface area contributed by atoms with Crippen LogP contribution in [0.2, 0.25) is 5.02 Å². The van der Waals surface area contributed by atoms with Gasteiger partial charge in [0.25, 0.3) is 0 Å². The molecule has 6 heteroatoms. The summed E-state index contributed by atoms with van der Waals surface area (Å²) in [7, 11) is 0. The highest BCUT2D eigenvalue weighted by atomic mass is 35.5. The standard InChI is InChI=1S/C12H19ClN4O/c1-3-5-8-17(4-2)12-10(13)9(6-7-15-12)11(14)16-18/h6-7,18H,3-5,8H2,1-2H3,(H2,14,16). The van der Waals surface area contributed by atoms with Crippen LogP contribution in [0.25, 0.3) is 0 Å². The number of aromatic nitrogens is 1. The molecule has 0 saturated heterocycles. The minimum Gasteiger partial charge on any atom is -0.409 e. The first-order valence-electron chi connectivity index (χ1n) is 6.03. The first kappa shape index (κ1) is 14.6. The predicted molar refractivity (Wildman–Crippen MR) is 74.6 cm³/mol. The Kier molecular flexibility index (Phi) is 5.71. The van der Waals surface area contributed by atoms with Crippen LogP contribution in [-0.4, -0.2) is 29.1 Å². The van der Waals surface area contributed by atoms with Crippen molar-refractivity contribution in [2.24, 2.45) is 10.9 Å². The van der Waals surface area contributed by atoms with E-state index in [2.05, 4.69) is 22.0 Å². The van der Waals surface area contributed by atoms with Crippen molar-refractivity contribution in [1.29, 1.82) is 0 Å². The van der Waals surface area contributed by atoms with Crippen molar-refractivity contribution in [3.63, 3.8) is 0 Å². The number of hydrogen-bond acceptors (Lipinski definition) is 4. The van der Waals surface area contributed by atoms with Gasteiger partial charge in [-0.2, -0.15) is 0 Å². The minimum absolute atomic E-state index is 0.00445. The molecule has 0 unspecified atom stereocenters. The second-order valence-corrected chi connectivity index (χ2v) is 4.29. The van der Waals surface area contributed by atoms with Crippen molar-refractivity contribution >= 4 is 23.3 Å². The number of oxime groups is 1. The number of rotatable bonds is 6. The van der Waals surface area contributed by atoms with E-state index in [0.29, 0.717) is 16.4 Å². The van der Waals surface area contributed by atoms with Crippen molar-refractivity contribution in [3.8, 4) is 0 Å². The second-order valence-electron chi connectivity index (χ2n) is 3.91. The summed E-state index contributed by atoms with van der Waals surface area (Å²) in [5.74, 6) is 0.673. The normalized spacial score (nSPS) is 11.6. The summed E-state index contributed by atoms with van der Waals surface area (Å²) in [5, 5.41) is 12.1. The molecule has 0 aliphatic carbocycles. The van der Waals surface area contributed by atoms with E-state index >= 15 is 0 Å². The Morgan fingerprint density at radius 2 is 2.28 bits per heavy atom. The summed E-state index contributed by atoms with van der Waals surface area (Å²) >= 11 is 6.26. The van der Waals surface area contributed by atoms with Gasteiger partial charge in [-0.15, -0.1) is 0 Å². The van der Waals surface area contributed by atoms with Crippen LogP contribution >= 0.6 is 11.6 Å². The summed E-state index contributed by atoms with van der Waals surface area (Å²) in [4.78, 5) is 6.36. The molecular formula is C12H19ClN4O. The van der Waals surface area contributed by atoms with E-state index in [-0.39, 0.29) is 5.84 Å². The first-order valence-corrected chi connectivity index (χ1v) is 6.40. The molecular weight excluding hydrogens is 252 g/mol. The van der Waals surface area contributed by atoms with Crippen molar-refractivity contribution in [1.82, 2.24) is 4.98 Å². The van der Waals surface area contributed by atoms with Gasteiger partial charge in [0.2, 0.25) is 0 Å². The molecule has 0 bridgehead atoms. The summed E-state index contributed by atoms with van der Waals surface area (Å²) < 4.78 is 0. The maximum Gasteiger partial charge on any atom is 0.171 e. The van der Waals surface area contributed by atoms with E-state index in [4.69, 9.17) is 22.5 Å². The van der Waals surface area contributed by atoms with E-state index in [0.717, 1.165) is 25.9 Å². The summed E-state index contributed by atoms with van der Waals surface area (Å²) in [6.07, 6.45) is 3.79. The molecule has 5 nitrogen and oxygen atoms in total. The fourth-order valence-electron chi connectivity index (χ4n) is 1.67. The molecule has 0 saturated carbocycles. The Morgan fingerprint density at radius 3 is 2.83 bits per heavy atom. The second kappa shape index (κ2) is 7.06. The SMILES string of the molecule is CCCCN(CC)c1nccc(/C(N)=N/O)c1Cl. The van der Waals surface area contributed by atoms with Crippen LogP contribution in [0.5, 0.6) is 0 Å². The molecule has 1 heterocycles. The van der Waals surface area contributed by atoms with E-state index in [1.807, 2.05) is 6.92 Å². The van der Waals surface area contributed by atoms with Crippen molar-refractivity contribution in [2.45, 2.75) is 26.7 Å². The third-order valence-corrected chi connectivity index (χ3v) is 3.09. The zero-order chi connectivity index (χ0) is 13.5. The molecule has 0 fully saturated rings. The topological polar surface area (TPSA) is 74.7 Å². The van der Waals surface area contributed by atoms with E-state index in [9.17, 15) is 0 Å². The van der Waals surface area contributed by atoms with Gasteiger partial charge in [0.1, 0.15) is 5.82 Å². The Bertz CT molecular complexity index is 423. The maximum atomic E-state index is 8.71. The van der Waals surface area contributed by atoms with E-state index in [1.54, 1.807) is 12.3 Å². The van der Waals surface area contributed by atoms with Crippen LogP contribution in [0.3, 0.4) is 0 Å². The first-order chi connectivity index (χ1) is 8.65. The fraction of sp³-hybridized carbons (Fsp3) is 0.500. The Hall–Kier alpha value is -1.49. The molecule has 1 aromatic rings. The third-order valence-electron chi connectivity index (χ3n) is 2.72. The minimum atomic E-state index is -0.00445. The number of nitrogens with zero attached hydrogens (tertiary/aromatic N) is 3. The quantitative estimate of drug-likeness (QED) is 0.360. The van der Waals surface area contributed by atoms with Gasteiger partial charge in [0.05, 0.1) is 5.02 Å². The van der Waals surface area contributed by atoms with Crippen LogP contribution in [0.4, 0.5) is 5.82 Å². The Morgan fingerprint density at radius 1 is 1.56 bits per heavy atom. The number of unbranched alkanes of at least 4 members (excludes halogenated alkanes) is 1. The fourth-order valence-corrected chi connectivity index (χ4v) is 2.00. The molecule has 18 heavy (non-hydrogen) atoms. The third kappa shape index (κ3) is 3.26. The highest BCUT2D eigenvalue weighted by molar-refractivity contribution is 6.36. The highest BCUT2D eigenvalue weighted by Gasteiger charge is 2.15. The average molecular weight is 271 g/mol. The van der Waals surface area contributed by atoms with E-state index in [1.165, 1.54) is 0 Å². The molecule has 3 N–H and O–H groups in total. The lowest BCUT2D eigenvalue weighted by atomic mass is 10.2. The van der Waals surface area contributed by atoms with Gasteiger partial charge >= 0.3 is 0 Å². The maximum absolute atomic E-state index is 8.71. The number of pyridine rings is 1. The van der Waals surface area contributed by atoms with E-state index < -0.39 is 0 Å². The number of halogens is 1. The van der Waals surface area contributed by atoms with Crippen LogP contribution in [0.1, 0.15) is 32.3 Å². The average Bonchev–Trinajstić information content (AvgIpc) is 2.40. The molecule has 0 atom stereocenters. The Labute approximate surface area is 112 Å². The van der Waals surface area contributed by atoms with Gasteiger partial charge in [-0.05, 0) is 19.4 Å². The number of amidine groups is 1. The van der Waals surface area contributed by atoms with Crippen molar-refractivity contribution < 1.29 is 5.21 Å². The van der Waals surface area contributed by atoms with Crippen molar-refractivity contribution in [3.05, 3.63) is 22.8 Å². The highest BCUT2D eigenvalue weighted by Crippen LogP contribution is 2.26. The zero-order valence-corrected chi connectivity index (χ0v) is 11.5. The van der Waals surface area contributed by atoms with Gasteiger partial charge < -0.3 is 15.8 Å². The molecule has 0 aromatic carbocycles. The van der Waals surface area contributed by atoms with Crippen molar-refractivity contribution in [2.75, 3.05) is 18.0 Å². The van der Waals surface area contributed by atoms with Gasteiger partial charge in [-0.25, -0.2) is 4.98 Å². The molecule has 0 spiro atoms. The van der Waals surface area contributed by atoms with Gasteiger partial charge in [0.15, 0.2) is 5.84 Å². The summed E-state index contributed by atoms with van der Waals surface area (Å²) in [6, 6.07) is 1.63. The molecule has 0 amide bonds. The smallest absolute Gasteiger partial charge is 0.171 e. The lowest BCUT2D eigenvalue weighted by Gasteiger charge is -2.23. The molecule has 0 aliphatic heterocycles. The van der Waals surface area contributed by atoms with Crippen LogP contribution in [-0.2, 0) is 0 Å². The Balaban J connectivity index is 3.08. The summed E-state index contributed by atoms with van der Waals surface area (Å²) in [6.45, 7) is 5.88. The molecule has 0 aliphatic rings. The largest absolute Gasteiger partial charge is 0.409 e. The predicted octanol–water partition coefficient (Wildman–Crippen LogP) is 2.46. The molecule has 1 rings (SSSR count).